The smallest absolute Gasteiger partial charge is 0.0558 e. The molecule has 0 aliphatic carbocycles. The minimum atomic E-state index is 0.298. The first-order valence-electron chi connectivity index (χ1n) is 6.05. The van der Waals surface area contributed by atoms with Crippen LogP contribution in [0.3, 0.4) is 0 Å². The third kappa shape index (κ3) is 2.91. The highest BCUT2D eigenvalue weighted by atomic mass is 16.3. The first-order chi connectivity index (χ1) is 7.29. The molecule has 0 radical (unpaired) electrons. The number of aliphatic hydroxyl groups excluding tert-OH is 1. The van der Waals surface area contributed by atoms with Crippen LogP contribution in [0.25, 0.3) is 0 Å². The van der Waals surface area contributed by atoms with Crippen molar-refractivity contribution in [3.05, 3.63) is 0 Å². The number of likely N-dealkylation sites (N-methyl/N-ethyl adjacent to an activating group) is 1. The van der Waals surface area contributed by atoms with E-state index in [1.54, 1.807) is 0 Å². The monoisotopic (exact) mass is 213 g/mol. The van der Waals surface area contributed by atoms with Crippen LogP contribution >= 0.6 is 0 Å². The van der Waals surface area contributed by atoms with Gasteiger partial charge in [-0.1, -0.05) is 0 Å². The van der Waals surface area contributed by atoms with Gasteiger partial charge in [-0.2, -0.15) is 0 Å². The number of hydrogen-bond acceptors (Lipinski definition) is 4. The van der Waals surface area contributed by atoms with Crippen molar-refractivity contribution in [1.82, 2.24) is 14.7 Å². The van der Waals surface area contributed by atoms with E-state index in [-0.39, 0.29) is 0 Å². The molecule has 15 heavy (non-hydrogen) atoms. The minimum absolute atomic E-state index is 0.298. The van der Waals surface area contributed by atoms with E-state index in [1.807, 2.05) is 0 Å². The Labute approximate surface area is 92.5 Å². The molecule has 2 rings (SSSR count). The van der Waals surface area contributed by atoms with E-state index >= 15 is 0 Å². The summed E-state index contributed by atoms with van der Waals surface area (Å²) in [5, 5.41) is 8.87. The molecule has 2 saturated heterocycles. The van der Waals surface area contributed by atoms with E-state index in [0.717, 1.165) is 25.7 Å². The van der Waals surface area contributed by atoms with Gasteiger partial charge in [0.05, 0.1) is 6.61 Å². The summed E-state index contributed by atoms with van der Waals surface area (Å²) < 4.78 is 0. The summed E-state index contributed by atoms with van der Waals surface area (Å²) in [5.41, 5.74) is 0. The number of nitrogens with zero attached hydrogens (tertiary/aromatic N) is 3. The Kier molecular flexibility index (Phi) is 3.97. The highest BCUT2D eigenvalue weighted by Crippen LogP contribution is 2.15. The number of aliphatic hydroxyl groups is 1. The van der Waals surface area contributed by atoms with Crippen molar-refractivity contribution >= 4 is 0 Å². The van der Waals surface area contributed by atoms with E-state index in [4.69, 9.17) is 5.11 Å². The molecule has 0 saturated carbocycles. The zero-order chi connectivity index (χ0) is 10.7. The van der Waals surface area contributed by atoms with Gasteiger partial charge in [0.15, 0.2) is 0 Å². The Hall–Kier alpha value is -0.160. The topological polar surface area (TPSA) is 30.0 Å². The van der Waals surface area contributed by atoms with Crippen molar-refractivity contribution in [2.24, 2.45) is 0 Å². The van der Waals surface area contributed by atoms with Crippen molar-refractivity contribution in [3.63, 3.8) is 0 Å². The van der Waals surface area contributed by atoms with Crippen LogP contribution in [-0.2, 0) is 0 Å². The van der Waals surface area contributed by atoms with Crippen LogP contribution in [0.15, 0.2) is 0 Å². The summed E-state index contributed by atoms with van der Waals surface area (Å²) in [7, 11) is 2.21. The summed E-state index contributed by atoms with van der Waals surface area (Å²) in [6, 6.07) is 0.784. The zero-order valence-corrected chi connectivity index (χ0v) is 9.73. The van der Waals surface area contributed by atoms with Gasteiger partial charge < -0.3 is 10.0 Å². The molecule has 1 N–H and O–H groups in total. The number of hydrogen-bond donors (Lipinski definition) is 1. The summed E-state index contributed by atoms with van der Waals surface area (Å²) in [6.07, 6.45) is 1.33. The Morgan fingerprint density at radius 2 is 1.87 bits per heavy atom. The summed E-state index contributed by atoms with van der Waals surface area (Å²) in [6.45, 7) is 8.24. The second-order valence-electron chi connectivity index (χ2n) is 4.81. The first kappa shape index (κ1) is 11.3. The molecule has 2 heterocycles. The van der Waals surface area contributed by atoms with Gasteiger partial charge in [-0.25, -0.2) is 0 Å². The molecule has 4 heteroatoms. The predicted octanol–water partition coefficient (Wildman–Crippen LogP) is -0.700. The highest BCUT2D eigenvalue weighted by molar-refractivity contribution is 4.84. The van der Waals surface area contributed by atoms with Crippen molar-refractivity contribution in [3.8, 4) is 0 Å². The van der Waals surface area contributed by atoms with Crippen molar-refractivity contribution in [1.29, 1.82) is 0 Å². The van der Waals surface area contributed by atoms with Crippen LogP contribution in [0.2, 0.25) is 0 Å². The molecule has 0 aromatic carbocycles. The van der Waals surface area contributed by atoms with E-state index in [2.05, 4.69) is 21.7 Å². The Bertz CT molecular complexity index is 192. The summed E-state index contributed by atoms with van der Waals surface area (Å²) >= 11 is 0. The lowest BCUT2D eigenvalue weighted by Crippen LogP contribution is -2.51. The second kappa shape index (κ2) is 5.25. The average molecular weight is 213 g/mol. The molecular weight excluding hydrogens is 190 g/mol. The lowest BCUT2D eigenvalue weighted by molar-refractivity contribution is 0.0863. The van der Waals surface area contributed by atoms with Gasteiger partial charge in [-0.15, -0.1) is 0 Å². The van der Waals surface area contributed by atoms with Gasteiger partial charge in [0, 0.05) is 45.3 Å². The maximum atomic E-state index is 8.87. The maximum Gasteiger partial charge on any atom is 0.0558 e. The van der Waals surface area contributed by atoms with Gasteiger partial charge in [0.2, 0.25) is 0 Å². The summed E-state index contributed by atoms with van der Waals surface area (Å²) in [4.78, 5) is 7.40. The van der Waals surface area contributed by atoms with Gasteiger partial charge in [0.25, 0.3) is 0 Å². The third-order valence-electron chi connectivity index (χ3n) is 3.71. The van der Waals surface area contributed by atoms with E-state index in [9.17, 15) is 0 Å². The zero-order valence-electron chi connectivity index (χ0n) is 9.73. The number of β-amino-alcohol motifs (C(OH)–C–C–N with tert-alkyl or cyclic N) is 1. The fourth-order valence-corrected chi connectivity index (χ4v) is 2.70. The minimum Gasteiger partial charge on any atom is -0.395 e. The molecule has 1 unspecified atom stereocenters. The van der Waals surface area contributed by atoms with Gasteiger partial charge in [-0.05, 0) is 20.0 Å². The van der Waals surface area contributed by atoms with Crippen molar-refractivity contribution < 1.29 is 5.11 Å². The first-order valence-corrected chi connectivity index (χ1v) is 6.05. The molecule has 0 amide bonds. The number of rotatable bonds is 3. The van der Waals surface area contributed by atoms with Crippen LogP contribution in [0.1, 0.15) is 6.42 Å². The predicted molar refractivity (Wildman–Crippen MR) is 61.0 cm³/mol. The number of likely N-dealkylation sites (tertiary alicyclic amines) is 1. The fourth-order valence-electron chi connectivity index (χ4n) is 2.70. The van der Waals surface area contributed by atoms with E-state index < -0.39 is 0 Å². The van der Waals surface area contributed by atoms with Gasteiger partial charge >= 0.3 is 0 Å². The Balaban J connectivity index is 1.73. The lowest BCUT2D eigenvalue weighted by atomic mass is 10.2. The highest BCUT2D eigenvalue weighted by Gasteiger charge is 2.27. The largest absolute Gasteiger partial charge is 0.395 e. The standard InChI is InChI=1S/C11H23N3O/c1-12-3-2-11(10-12)14-6-4-13(5-7-14)8-9-15/h11,15H,2-10H2,1H3. The maximum absolute atomic E-state index is 8.87. The molecule has 2 aliphatic rings. The average Bonchev–Trinajstić information content (AvgIpc) is 2.67. The third-order valence-corrected chi connectivity index (χ3v) is 3.71. The lowest BCUT2D eigenvalue weighted by Gasteiger charge is -2.37. The number of piperazine rings is 1. The van der Waals surface area contributed by atoms with Crippen LogP contribution in [0.4, 0.5) is 0 Å². The van der Waals surface area contributed by atoms with Crippen LogP contribution in [0.5, 0.6) is 0 Å². The van der Waals surface area contributed by atoms with Crippen LogP contribution < -0.4 is 0 Å². The van der Waals surface area contributed by atoms with E-state index in [0.29, 0.717) is 6.61 Å². The fraction of sp³-hybridized carbons (Fsp3) is 1.00. The molecule has 0 spiro atoms. The van der Waals surface area contributed by atoms with Crippen LogP contribution in [-0.4, -0.2) is 85.3 Å². The quantitative estimate of drug-likeness (QED) is 0.671. The molecule has 4 nitrogen and oxygen atoms in total. The van der Waals surface area contributed by atoms with Crippen molar-refractivity contribution in [2.75, 3.05) is 59.5 Å². The second-order valence-corrected chi connectivity index (χ2v) is 4.81. The molecule has 2 aliphatic heterocycles. The molecule has 0 aromatic rings. The SMILES string of the molecule is CN1CCC(N2CCN(CCO)CC2)C1. The van der Waals surface area contributed by atoms with E-state index in [1.165, 1.54) is 32.6 Å². The van der Waals surface area contributed by atoms with Gasteiger partial charge in [-0.3, -0.25) is 9.80 Å². The molecule has 1 atom stereocenters. The molecule has 0 aromatic heterocycles. The molecule has 88 valence electrons. The van der Waals surface area contributed by atoms with Crippen molar-refractivity contribution in [2.45, 2.75) is 12.5 Å². The molecular formula is C11H23N3O. The molecule has 0 bridgehead atoms. The Morgan fingerprint density at radius 1 is 1.13 bits per heavy atom. The van der Waals surface area contributed by atoms with Crippen LogP contribution in [0, 0.1) is 0 Å². The Morgan fingerprint density at radius 3 is 2.40 bits per heavy atom. The van der Waals surface area contributed by atoms with Gasteiger partial charge in [0.1, 0.15) is 0 Å². The molecule has 2 fully saturated rings. The normalized spacial score (nSPS) is 31.2. The summed E-state index contributed by atoms with van der Waals surface area (Å²) in [5.74, 6) is 0.